The zero-order valence-electron chi connectivity index (χ0n) is 11.4. The Kier molecular flexibility index (Phi) is 12.7. The van der Waals surface area contributed by atoms with Crippen molar-refractivity contribution in [2.45, 2.75) is 26.2 Å². The van der Waals surface area contributed by atoms with E-state index in [1.807, 2.05) is 6.08 Å². The average molecular weight is 264 g/mol. The first-order valence-corrected chi connectivity index (χ1v) is 6.35. The van der Waals surface area contributed by atoms with Crippen LogP contribution in [0, 0.1) is 6.57 Å². The summed E-state index contributed by atoms with van der Waals surface area (Å²) in [6.07, 6.45) is 9.66. The van der Waals surface area contributed by atoms with Crippen molar-refractivity contribution in [3.05, 3.63) is 28.9 Å². The maximum atomic E-state index is 10.1. The fraction of sp³-hybridized carbons (Fsp3) is 0.500. The SMILES string of the molecule is C#[N+]/C=C(\C/C=C\CC=O)NC=NCCOCCC. The van der Waals surface area contributed by atoms with Gasteiger partial charge in [-0.3, -0.25) is 4.99 Å². The molecule has 0 aliphatic rings. The highest BCUT2D eigenvalue weighted by molar-refractivity contribution is 5.57. The van der Waals surface area contributed by atoms with E-state index >= 15 is 0 Å². The summed E-state index contributed by atoms with van der Waals surface area (Å²) in [5.74, 6) is 0. The number of carbonyl (C=O) groups is 1. The van der Waals surface area contributed by atoms with Gasteiger partial charge in [-0.15, -0.1) is 0 Å². The zero-order chi connectivity index (χ0) is 14.2. The highest BCUT2D eigenvalue weighted by Crippen LogP contribution is 1.98. The van der Waals surface area contributed by atoms with Gasteiger partial charge in [0.15, 0.2) is 0 Å². The molecule has 19 heavy (non-hydrogen) atoms. The van der Waals surface area contributed by atoms with Crippen LogP contribution in [-0.4, -0.2) is 32.4 Å². The van der Waals surface area contributed by atoms with Gasteiger partial charge < -0.3 is 14.8 Å². The number of allylic oxidation sites excluding steroid dienone is 2. The molecule has 0 aliphatic heterocycles. The highest BCUT2D eigenvalue weighted by Gasteiger charge is 1.96. The van der Waals surface area contributed by atoms with Crippen molar-refractivity contribution in [2.75, 3.05) is 19.8 Å². The molecule has 0 saturated carbocycles. The lowest BCUT2D eigenvalue weighted by Gasteiger charge is -2.00. The van der Waals surface area contributed by atoms with Gasteiger partial charge in [-0.2, -0.15) is 0 Å². The van der Waals surface area contributed by atoms with Crippen molar-refractivity contribution < 1.29 is 9.53 Å². The number of aldehydes is 1. The Hall–Kier alpha value is -1.93. The lowest BCUT2D eigenvalue weighted by molar-refractivity contribution is -0.107. The van der Waals surface area contributed by atoms with E-state index in [0.717, 1.165) is 25.0 Å². The van der Waals surface area contributed by atoms with Gasteiger partial charge in [-0.05, 0) is 11.3 Å². The molecule has 0 fully saturated rings. The molecule has 0 bridgehead atoms. The van der Waals surface area contributed by atoms with Crippen LogP contribution in [0.2, 0.25) is 0 Å². The molecule has 0 rings (SSSR count). The third kappa shape index (κ3) is 12.3. The standard InChI is InChI=1S/C14H22N3O2/c1-3-10-19-11-8-16-13-17-14(12-15-2)7-5-4-6-9-18/h2,4-5,9,12-13H,3,6-8,10-11H2,1H3,(H,16,17)/q+1/b5-4-,14-12+. The van der Waals surface area contributed by atoms with Gasteiger partial charge in [0.05, 0.1) is 19.5 Å². The Balaban J connectivity index is 3.88. The smallest absolute Gasteiger partial charge is 0.324 e. The molecule has 0 saturated heterocycles. The third-order valence-corrected chi connectivity index (χ3v) is 2.02. The topological polar surface area (TPSA) is 55.0 Å². The lowest BCUT2D eigenvalue weighted by atomic mass is 10.3. The van der Waals surface area contributed by atoms with Gasteiger partial charge in [0.25, 0.3) is 6.57 Å². The van der Waals surface area contributed by atoms with Gasteiger partial charge >= 0.3 is 6.20 Å². The van der Waals surface area contributed by atoms with E-state index in [9.17, 15) is 4.79 Å². The monoisotopic (exact) mass is 264 g/mol. The molecule has 0 spiro atoms. The van der Waals surface area contributed by atoms with Gasteiger partial charge in [0.1, 0.15) is 12.0 Å². The molecule has 1 N–H and O–H groups in total. The van der Waals surface area contributed by atoms with Crippen molar-refractivity contribution in [1.29, 1.82) is 0 Å². The molecule has 0 heterocycles. The molecule has 5 nitrogen and oxygen atoms in total. The molecule has 0 aromatic heterocycles. The van der Waals surface area contributed by atoms with Crippen molar-refractivity contribution in [1.82, 2.24) is 5.32 Å². The van der Waals surface area contributed by atoms with Crippen LogP contribution in [0.1, 0.15) is 26.2 Å². The molecule has 0 unspecified atom stereocenters. The summed E-state index contributed by atoms with van der Waals surface area (Å²) in [5, 5.41) is 2.99. The average Bonchev–Trinajstić information content (AvgIpc) is 2.42. The molecular weight excluding hydrogens is 242 g/mol. The summed E-state index contributed by atoms with van der Waals surface area (Å²) in [4.78, 5) is 17.7. The fourth-order valence-corrected chi connectivity index (χ4v) is 1.16. The summed E-state index contributed by atoms with van der Waals surface area (Å²) in [5.41, 5.74) is 0.808. The minimum absolute atomic E-state index is 0.413. The second kappa shape index (κ2) is 14.1. The lowest BCUT2D eigenvalue weighted by Crippen LogP contribution is -2.11. The van der Waals surface area contributed by atoms with Crippen molar-refractivity contribution >= 4 is 12.6 Å². The van der Waals surface area contributed by atoms with Crippen LogP contribution in [0.3, 0.4) is 0 Å². The Labute approximate surface area is 114 Å². The summed E-state index contributed by atoms with van der Waals surface area (Å²) >= 11 is 0. The molecule has 0 atom stereocenters. The van der Waals surface area contributed by atoms with E-state index in [-0.39, 0.29) is 0 Å². The summed E-state index contributed by atoms with van der Waals surface area (Å²) < 4.78 is 5.29. The van der Waals surface area contributed by atoms with Crippen LogP contribution in [0.4, 0.5) is 0 Å². The van der Waals surface area contributed by atoms with Gasteiger partial charge in [-0.1, -0.05) is 19.1 Å². The minimum atomic E-state index is 0.413. The summed E-state index contributed by atoms with van der Waals surface area (Å²) in [6.45, 7) is 9.17. The molecule has 0 aromatic rings. The first kappa shape index (κ1) is 17.1. The number of carbonyl (C=O) groups excluding carboxylic acids is 1. The number of ether oxygens (including phenoxy) is 1. The zero-order valence-corrected chi connectivity index (χ0v) is 11.4. The number of nitrogens with zero attached hydrogens (tertiary/aromatic N) is 2. The first-order valence-electron chi connectivity index (χ1n) is 6.35. The Morgan fingerprint density at radius 3 is 2.95 bits per heavy atom. The molecule has 0 amide bonds. The molecule has 0 radical (unpaired) electrons. The maximum absolute atomic E-state index is 10.1. The van der Waals surface area contributed by atoms with E-state index in [1.165, 1.54) is 6.20 Å². The quantitative estimate of drug-likeness (QED) is 0.205. The summed E-state index contributed by atoms with van der Waals surface area (Å²) in [7, 11) is 0. The van der Waals surface area contributed by atoms with E-state index in [1.54, 1.807) is 12.4 Å². The van der Waals surface area contributed by atoms with E-state index in [4.69, 9.17) is 11.3 Å². The maximum Gasteiger partial charge on any atom is 0.324 e. The Morgan fingerprint density at radius 2 is 2.26 bits per heavy atom. The molecule has 0 aromatic carbocycles. The molecule has 5 heteroatoms. The second-order valence-corrected chi connectivity index (χ2v) is 3.67. The molecule has 104 valence electrons. The van der Waals surface area contributed by atoms with Crippen LogP contribution < -0.4 is 5.32 Å². The predicted molar refractivity (Wildman–Crippen MR) is 78.4 cm³/mol. The number of hydrogen-bond acceptors (Lipinski definition) is 3. The highest BCUT2D eigenvalue weighted by atomic mass is 16.5. The van der Waals surface area contributed by atoms with E-state index in [0.29, 0.717) is 26.0 Å². The van der Waals surface area contributed by atoms with Gasteiger partial charge in [0.2, 0.25) is 0 Å². The summed E-state index contributed by atoms with van der Waals surface area (Å²) in [6, 6.07) is 0. The fourth-order valence-electron chi connectivity index (χ4n) is 1.16. The predicted octanol–water partition coefficient (Wildman–Crippen LogP) is 2.37. The van der Waals surface area contributed by atoms with Crippen molar-refractivity contribution in [3.8, 4) is 6.57 Å². The van der Waals surface area contributed by atoms with E-state index < -0.39 is 0 Å². The van der Waals surface area contributed by atoms with Crippen LogP contribution in [0.5, 0.6) is 0 Å². The molecular formula is C14H22N3O2+. The number of aliphatic imine (C=N–C) groups is 1. The number of nitrogens with one attached hydrogen (secondary N) is 1. The second-order valence-electron chi connectivity index (χ2n) is 3.67. The van der Waals surface area contributed by atoms with E-state index in [2.05, 4.69) is 22.1 Å². The largest absolute Gasteiger partial charge is 0.380 e. The first-order chi connectivity index (χ1) is 9.35. The van der Waals surface area contributed by atoms with Gasteiger partial charge in [-0.25, -0.2) is 0 Å². The van der Waals surface area contributed by atoms with Crippen LogP contribution in [-0.2, 0) is 9.53 Å². The van der Waals surface area contributed by atoms with Crippen molar-refractivity contribution in [2.24, 2.45) is 4.99 Å². The van der Waals surface area contributed by atoms with Crippen LogP contribution >= 0.6 is 0 Å². The van der Waals surface area contributed by atoms with Crippen LogP contribution in [0.15, 0.2) is 29.0 Å². The van der Waals surface area contributed by atoms with Gasteiger partial charge in [0, 0.05) is 19.4 Å². The minimum Gasteiger partial charge on any atom is -0.380 e. The normalized spacial score (nSPS) is 11.9. The number of rotatable bonds is 11. The van der Waals surface area contributed by atoms with Crippen molar-refractivity contribution in [3.63, 3.8) is 0 Å². The third-order valence-electron chi connectivity index (χ3n) is 2.02. The molecule has 0 aliphatic carbocycles. The van der Waals surface area contributed by atoms with Crippen LogP contribution in [0.25, 0.3) is 4.85 Å². The number of hydrogen-bond donors (Lipinski definition) is 1. The Morgan fingerprint density at radius 1 is 1.42 bits per heavy atom. The Bertz CT molecular complexity index is 354.